The van der Waals surface area contributed by atoms with Gasteiger partial charge in [-0.2, -0.15) is 8.42 Å². The number of hydrogen-bond donors (Lipinski definition) is 1. The minimum absolute atomic E-state index is 0.180. The highest BCUT2D eigenvalue weighted by atomic mass is 32.2. The minimum Gasteiger partial charge on any atom is -0.286 e. The molecule has 0 unspecified atom stereocenters. The average molecular weight is 1020 g/mol. The van der Waals surface area contributed by atoms with Crippen molar-refractivity contribution in [3.8, 4) is 0 Å². The van der Waals surface area contributed by atoms with Gasteiger partial charge in [0.2, 0.25) is 0 Å². The molecule has 0 amide bonds. The van der Waals surface area contributed by atoms with E-state index in [1.54, 1.807) is 0 Å². The van der Waals surface area contributed by atoms with Crippen molar-refractivity contribution >= 4 is 10.1 Å². The monoisotopic (exact) mass is 1020 g/mol. The molecule has 0 heterocycles. The Kier molecular flexibility index (Phi) is 57.6. The average Bonchev–Trinajstić information content (AvgIpc) is 3.35. The van der Waals surface area contributed by atoms with Crippen LogP contribution in [0.4, 0.5) is 0 Å². The molecule has 0 aromatic heterocycles. The van der Waals surface area contributed by atoms with Crippen molar-refractivity contribution in [1.82, 2.24) is 0 Å². The van der Waals surface area contributed by atoms with Crippen LogP contribution in [0.15, 0.2) is 36.8 Å². The number of unbranched alkanes of at least 4 members (excludes halogenated alkanes) is 51. The molecule has 0 saturated heterocycles. The van der Waals surface area contributed by atoms with Gasteiger partial charge >= 0.3 is 0 Å². The SMILES string of the molecule is CCCCCCCCCCCCCCCCCCC/C=C/[N+](/C=C/CCCCCCCCCCCCCCCCCCC)(/C=C/CCCCCCCCCCCCCCCCCCC)CCCS(=O)(=O)O. The molecule has 0 saturated carbocycles. The van der Waals surface area contributed by atoms with Crippen LogP contribution in [0.2, 0.25) is 0 Å². The van der Waals surface area contributed by atoms with Crippen LogP contribution in [0.25, 0.3) is 0 Å². The van der Waals surface area contributed by atoms with E-state index in [4.69, 9.17) is 0 Å². The molecule has 0 aromatic carbocycles. The highest BCUT2D eigenvalue weighted by Crippen LogP contribution is 2.21. The molecule has 0 rings (SSSR count). The van der Waals surface area contributed by atoms with Crippen LogP contribution in [0.1, 0.15) is 374 Å². The molecule has 4 nitrogen and oxygen atoms in total. The smallest absolute Gasteiger partial charge is 0.265 e. The maximum absolute atomic E-state index is 11.8. The van der Waals surface area contributed by atoms with Crippen molar-refractivity contribution in [2.75, 3.05) is 12.3 Å². The first-order chi connectivity index (χ1) is 34.9. The largest absolute Gasteiger partial charge is 0.286 e. The zero-order valence-corrected chi connectivity index (χ0v) is 49.7. The summed E-state index contributed by atoms with van der Waals surface area (Å²) in [6.07, 6.45) is 88.7. The Hall–Kier alpha value is -0.910. The summed E-state index contributed by atoms with van der Waals surface area (Å²) in [4.78, 5) is 0. The van der Waals surface area contributed by atoms with Gasteiger partial charge < -0.3 is 0 Å². The van der Waals surface area contributed by atoms with E-state index in [0.717, 1.165) is 19.3 Å². The zero-order chi connectivity index (χ0) is 51.5. The fourth-order valence-corrected chi connectivity index (χ4v) is 11.2. The summed E-state index contributed by atoms with van der Waals surface area (Å²) in [6.45, 7) is 7.55. The molecule has 0 spiro atoms. The minimum atomic E-state index is -3.99. The second kappa shape index (κ2) is 58.4. The third kappa shape index (κ3) is 58.2. The molecule has 422 valence electrons. The van der Waals surface area contributed by atoms with Gasteiger partial charge in [-0.3, -0.25) is 4.55 Å². The molecular formula is C66H130NO3S+. The quantitative estimate of drug-likeness (QED) is 0.0375. The van der Waals surface area contributed by atoms with Crippen molar-refractivity contribution in [1.29, 1.82) is 0 Å². The van der Waals surface area contributed by atoms with E-state index in [1.807, 2.05) is 0 Å². The molecule has 5 heteroatoms. The molecule has 0 fully saturated rings. The number of quaternary nitrogens is 1. The molecule has 0 radical (unpaired) electrons. The summed E-state index contributed by atoms with van der Waals surface area (Å²) in [6, 6.07) is 0. The predicted molar refractivity (Wildman–Crippen MR) is 320 cm³/mol. The van der Waals surface area contributed by atoms with Gasteiger partial charge in [0, 0.05) is 6.42 Å². The lowest BCUT2D eigenvalue weighted by Gasteiger charge is -2.27. The highest BCUT2D eigenvalue weighted by Gasteiger charge is 2.20. The molecule has 0 aliphatic carbocycles. The topological polar surface area (TPSA) is 54.4 Å². The number of rotatable bonds is 61. The second-order valence-corrected chi connectivity index (χ2v) is 24.4. The Morgan fingerprint density at radius 3 is 0.606 bits per heavy atom. The van der Waals surface area contributed by atoms with E-state index in [9.17, 15) is 13.0 Å². The van der Waals surface area contributed by atoms with Crippen molar-refractivity contribution in [3.63, 3.8) is 0 Å². The van der Waals surface area contributed by atoms with E-state index in [-0.39, 0.29) is 5.75 Å². The first-order valence-corrected chi connectivity index (χ1v) is 34.4. The van der Waals surface area contributed by atoms with Gasteiger partial charge in [0.25, 0.3) is 10.1 Å². The highest BCUT2D eigenvalue weighted by molar-refractivity contribution is 7.85. The standard InChI is InChI=1S/C66H129NO3S/c1-4-7-10-13-16-19-22-25-28-31-34-37-40-43-46-49-52-55-58-62-67(65-61-66-71(68,69)70,63-59-56-53-50-47-44-41-38-35-32-29-26-23-20-17-14-11-8-5-2)64-60-57-54-51-48-45-42-39-36-33-30-27-24-21-18-15-12-9-6-3/h58-60,62-64H,4-57,61,65-66H2,1-3H3/p+1/b62-58+,63-59+,64-60+. The first kappa shape index (κ1) is 70.1. The van der Waals surface area contributed by atoms with Crippen LogP contribution in [-0.4, -0.2) is 29.8 Å². The van der Waals surface area contributed by atoms with Crippen LogP contribution in [0.5, 0.6) is 0 Å². The van der Waals surface area contributed by atoms with Crippen LogP contribution in [-0.2, 0) is 10.1 Å². The molecule has 1 N–H and O–H groups in total. The Morgan fingerprint density at radius 1 is 0.268 bits per heavy atom. The summed E-state index contributed by atoms with van der Waals surface area (Å²) >= 11 is 0. The Labute approximate surface area is 448 Å². The van der Waals surface area contributed by atoms with Gasteiger partial charge in [0.1, 0.15) is 18.6 Å². The molecule has 0 bridgehead atoms. The van der Waals surface area contributed by atoms with Gasteiger partial charge in [-0.1, -0.05) is 329 Å². The van der Waals surface area contributed by atoms with Crippen LogP contribution in [0.3, 0.4) is 0 Å². The Bertz CT molecular complexity index is 1090. The normalized spacial score (nSPS) is 12.6. The van der Waals surface area contributed by atoms with Crippen LogP contribution >= 0.6 is 0 Å². The van der Waals surface area contributed by atoms with Crippen molar-refractivity contribution in [2.24, 2.45) is 0 Å². The molecule has 0 aliphatic rings. The maximum atomic E-state index is 11.8. The van der Waals surface area contributed by atoms with E-state index >= 15 is 0 Å². The zero-order valence-electron chi connectivity index (χ0n) is 48.9. The van der Waals surface area contributed by atoms with Gasteiger partial charge in [0.15, 0.2) is 0 Å². The summed E-state index contributed by atoms with van der Waals surface area (Å²) in [5.74, 6) is -0.180. The van der Waals surface area contributed by atoms with E-state index in [2.05, 4.69) is 57.6 Å². The lowest BCUT2D eigenvalue weighted by Crippen LogP contribution is -2.33. The van der Waals surface area contributed by atoms with E-state index in [1.165, 1.54) is 327 Å². The fourth-order valence-electron chi connectivity index (χ4n) is 10.7. The van der Waals surface area contributed by atoms with E-state index in [0.29, 0.717) is 17.4 Å². The fraction of sp³-hybridized carbons (Fsp3) is 0.909. The van der Waals surface area contributed by atoms with Gasteiger partial charge in [0.05, 0.1) is 12.3 Å². The molecule has 0 atom stereocenters. The van der Waals surface area contributed by atoms with Crippen molar-refractivity contribution < 1.29 is 17.5 Å². The summed E-state index contributed by atoms with van der Waals surface area (Å²) in [5, 5.41) is 0. The van der Waals surface area contributed by atoms with Crippen LogP contribution < -0.4 is 0 Å². The molecule has 0 aromatic rings. The lowest BCUT2D eigenvalue weighted by atomic mass is 10.0. The Balaban J connectivity index is 4.83. The third-order valence-corrected chi connectivity index (χ3v) is 16.3. The van der Waals surface area contributed by atoms with Crippen LogP contribution in [0, 0.1) is 0 Å². The molecular weight excluding hydrogens is 887 g/mol. The number of hydrogen-bond acceptors (Lipinski definition) is 2. The Morgan fingerprint density at radius 2 is 0.437 bits per heavy atom. The predicted octanol–water partition coefficient (Wildman–Crippen LogP) is 23.7. The van der Waals surface area contributed by atoms with Crippen molar-refractivity contribution in [3.05, 3.63) is 36.8 Å². The summed E-state index contributed by atoms with van der Waals surface area (Å²) < 4.78 is 33.9. The van der Waals surface area contributed by atoms with Crippen molar-refractivity contribution in [2.45, 2.75) is 374 Å². The van der Waals surface area contributed by atoms with Gasteiger partial charge in [-0.25, -0.2) is 4.48 Å². The number of allylic oxidation sites excluding steroid dienone is 3. The van der Waals surface area contributed by atoms with Gasteiger partial charge in [-0.15, -0.1) is 0 Å². The molecule has 0 aliphatic heterocycles. The molecule has 71 heavy (non-hydrogen) atoms. The van der Waals surface area contributed by atoms with E-state index < -0.39 is 10.1 Å². The first-order valence-electron chi connectivity index (χ1n) is 32.7. The number of nitrogens with zero attached hydrogens (tertiary/aromatic N) is 1. The maximum Gasteiger partial charge on any atom is 0.265 e. The summed E-state index contributed by atoms with van der Waals surface area (Å²) in [5.41, 5.74) is 0. The second-order valence-electron chi connectivity index (χ2n) is 22.8. The third-order valence-electron chi connectivity index (χ3n) is 15.5. The summed E-state index contributed by atoms with van der Waals surface area (Å²) in [7, 11) is -3.99. The van der Waals surface area contributed by atoms with Gasteiger partial charge in [-0.05, 0) is 56.8 Å². The lowest BCUT2D eigenvalue weighted by molar-refractivity contribution is -0.773.